The molecule has 18 heavy (non-hydrogen) atoms. The van der Waals surface area contributed by atoms with E-state index < -0.39 is 10.0 Å². The van der Waals surface area contributed by atoms with Gasteiger partial charge in [0, 0.05) is 19.1 Å². The van der Waals surface area contributed by atoms with E-state index in [0.717, 1.165) is 0 Å². The van der Waals surface area contributed by atoms with Crippen LogP contribution < -0.4 is 5.73 Å². The second-order valence-electron chi connectivity index (χ2n) is 6.25. The fourth-order valence-electron chi connectivity index (χ4n) is 1.79. The van der Waals surface area contributed by atoms with Crippen molar-refractivity contribution in [2.75, 3.05) is 25.4 Å². The smallest absolute Gasteiger partial charge is 0.214 e. The summed E-state index contributed by atoms with van der Waals surface area (Å²) in [6, 6.07) is -0.148. The summed E-state index contributed by atoms with van der Waals surface area (Å²) < 4.78 is 31.5. The Labute approximate surface area is 111 Å². The van der Waals surface area contributed by atoms with Crippen LogP contribution in [0.2, 0.25) is 0 Å². The van der Waals surface area contributed by atoms with Gasteiger partial charge in [-0.25, -0.2) is 8.42 Å². The Morgan fingerprint density at radius 1 is 1.44 bits per heavy atom. The zero-order valence-electron chi connectivity index (χ0n) is 11.8. The van der Waals surface area contributed by atoms with Gasteiger partial charge in [0.1, 0.15) is 0 Å². The van der Waals surface area contributed by atoms with Crippen LogP contribution in [0.15, 0.2) is 0 Å². The van der Waals surface area contributed by atoms with Crippen LogP contribution in [0, 0.1) is 5.41 Å². The summed E-state index contributed by atoms with van der Waals surface area (Å²) in [6.45, 7) is 9.24. The summed E-state index contributed by atoms with van der Waals surface area (Å²) in [4.78, 5) is 0. The lowest BCUT2D eigenvalue weighted by Crippen LogP contribution is -2.51. The number of hydrogen-bond acceptors (Lipinski definition) is 4. The predicted molar refractivity (Wildman–Crippen MR) is 72.8 cm³/mol. The van der Waals surface area contributed by atoms with Gasteiger partial charge in [0.2, 0.25) is 10.0 Å². The van der Waals surface area contributed by atoms with E-state index in [-0.39, 0.29) is 23.3 Å². The van der Waals surface area contributed by atoms with Gasteiger partial charge in [0.25, 0.3) is 0 Å². The van der Waals surface area contributed by atoms with Crippen molar-refractivity contribution in [2.24, 2.45) is 11.1 Å². The number of nitrogens with two attached hydrogens (primary N) is 1. The van der Waals surface area contributed by atoms with Crippen LogP contribution in [-0.4, -0.2) is 50.3 Å². The number of rotatable bonds is 4. The topological polar surface area (TPSA) is 72.6 Å². The molecule has 0 aliphatic carbocycles. The first kappa shape index (κ1) is 15.9. The highest BCUT2D eigenvalue weighted by Gasteiger charge is 2.31. The average molecular weight is 278 g/mol. The van der Waals surface area contributed by atoms with Gasteiger partial charge in [0.05, 0.1) is 18.5 Å². The molecule has 0 bridgehead atoms. The number of sulfonamides is 1. The lowest BCUT2D eigenvalue weighted by atomic mass is 9.94. The van der Waals surface area contributed by atoms with Crippen LogP contribution in [0.3, 0.4) is 0 Å². The molecule has 1 aliphatic heterocycles. The van der Waals surface area contributed by atoms with Crippen molar-refractivity contribution in [1.29, 1.82) is 0 Å². The zero-order chi connectivity index (χ0) is 14.0. The van der Waals surface area contributed by atoms with Crippen molar-refractivity contribution in [3.05, 3.63) is 0 Å². The van der Waals surface area contributed by atoms with Crippen LogP contribution in [0.4, 0.5) is 0 Å². The third-order valence-electron chi connectivity index (χ3n) is 3.15. The largest absolute Gasteiger partial charge is 0.374 e. The van der Waals surface area contributed by atoms with E-state index in [1.807, 2.05) is 27.7 Å². The fourth-order valence-corrected chi connectivity index (χ4v) is 3.64. The fraction of sp³-hybridized carbons (Fsp3) is 1.00. The molecule has 1 saturated heterocycles. The molecule has 1 heterocycles. The van der Waals surface area contributed by atoms with Gasteiger partial charge in [-0.15, -0.1) is 0 Å². The first-order valence-corrected chi connectivity index (χ1v) is 8.08. The predicted octanol–water partition coefficient (Wildman–Crippen LogP) is 0.800. The summed E-state index contributed by atoms with van der Waals surface area (Å²) >= 11 is 0. The van der Waals surface area contributed by atoms with Crippen LogP contribution in [0.25, 0.3) is 0 Å². The quantitative estimate of drug-likeness (QED) is 0.825. The molecule has 0 amide bonds. The second-order valence-corrected chi connectivity index (χ2v) is 8.34. The molecule has 0 aromatic heterocycles. The number of ether oxygens (including phenoxy) is 1. The van der Waals surface area contributed by atoms with E-state index in [0.29, 0.717) is 26.1 Å². The van der Waals surface area contributed by atoms with Gasteiger partial charge >= 0.3 is 0 Å². The van der Waals surface area contributed by atoms with Gasteiger partial charge in [-0.1, -0.05) is 20.8 Å². The lowest BCUT2D eigenvalue weighted by molar-refractivity contribution is -0.0120. The first-order chi connectivity index (χ1) is 8.12. The molecule has 2 N–H and O–H groups in total. The van der Waals surface area contributed by atoms with Crippen molar-refractivity contribution in [1.82, 2.24) is 4.31 Å². The van der Waals surface area contributed by atoms with E-state index in [9.17, 15) is 8.42 Å². The summed E-state index contributed by atoms with van der Waals surface area (Å²) in [5.74, 6) is 0.197. The highest BCUT2D eigenvalue weighted by molar-refractivity contribution is 7.89. The molecule has 2 atom stereocenters. The molecule has 6 heteroatoms. The maximum absolute atomic E-state index is 12.2. The van der Waals surface area contributed by atoms with Crippen molar-refractivity contribution >= 4 is 10.0 Å². The van der Waals surface area contributed by atoms with Crippen molar-refractivity contribution < 1.29 is 13.2 Å². The molecular weight excluding hydrogens is 252 g/mol. The first-order valence-electron chi connectivity index (χ1n) is 6.47. The number of morpholine rings is 1. The van der Waals surface area contributed by atoms with Crippen LogP contribution in [-0.2, 0) is 14.8 Å². The van der Waals surface area contributed by atoms with Crippen molar-refractivity contribution in [3.8, 4) is 0 Å². The van der Waals surface area contributed by atoms with Gasteiger partial charge in [-0.05, 0) is 18.8 Å². The van der Waals surface area contributed by atoms with E-state index >= 15 is 0 Å². The molecule has 0 saturated carbocycles. The van der Waals surface area contributed by atoms with Gasteiger partial charge in [-0.2, -0.15) is 4.31 Å². The Morgan fingerprint density at radius 2 is 2.06 bits per heavy atom. The van der Waals surface area contributed by atoms with Gasteiger partial charge in [-0.3, -0.25) is 0 Å². The van der Waals surface area contributed by atoms with E-state index in [2.05, 4.69) is 0 Å². The molecule has 0 spiro atoms. The lowest BCUT2D eigenvalue weighted by Gasteiger charge is -2.34. The minimum absolute atomic E-state index is 0.0277. The third-order valence-corrected chi connectivity index (χ3v) is 4.98. The molecule has 1 aliphatic rings. The maximum atomic E-state index is 12.2. The molecule has 0 radical (unpaired) electrons. The van der Waals surface area contributed by atoms with Crippen LogP contribution in [0.1, 0.15) is 34.1 Å². The van der Waals surface area contributed by atoms with Gasteiger partial charge < -0.3 is 10.5 Å². The summed E-state index contributed by atoms with van der Waals surface area (Å²) in [6.07, 6.45) is 0.471. The number of nitrogens with zero attached hydrogens (tertiary/aromatic N) is 1. The maximum Gasteiger partial charge on any atom is 0.214 e. The molecule has 1 rings (SSSR count). The minimum Gasteiger partial charge on any atom is -0.374 e. The van der Waals surface area contributed by atoms with Crippen LogP contribution >= 0.6 is 0 Å². The average Bonchev–Trinajstić information content (AvgIpc) is 2.26. The summed E-state index contributed by atoms with van der Waals surface area (Å²) in [5, 5.41) is 0. The standard InChI is InChI=1S/C12H26N2O3S/c1-10(13)11-9-14(6-7-17-11)18(15,16)8-5-12(2,3)4/h10-11H,5-9,13H2,1-4H3. The van der Waals surface area contributed by atoms with Crippen LogP contribution in [0.5, 0.6) is 0 Å². The highest BCUT2D eigenvalue weighted by Crippen LogP contribution is 2.21. The molecule has 1 fully saturated rings. The Hall–Kier alpha value is -0.170. The van der Waals surface area contributed by atoms with Gasteiger partial charge in [0.15, 0.2) is 0 Å². The SMILES string of the molecule is CC(N)C1CN(S(=O)(=O)CCC(C)(C)C)CCO1. The van der Waals surface area contributed by atoms with Crippen molar-refractivity contribution in [3.63, 3.8) is 0 Å². The van der Waals surface area contributed by atoms with E-state index in [1.54, 1.807) is 0 Å². The Balaban J connectivity index is 2.62. The highest BCUT2D eigenvalue weighted by atomic mass is 32.2. The Kier molecular flexibility index (Phi) is 5.17. The zero-order valence-corrected chi connectivity index (χ0v) is 12.7. The normalized spacial score (nSPS) is 25.1. The Bertz CT molecular complexity index is 360. The number of hydrogen-bond donors (Lipinski definition) is 1. The molecule has 2 unspecified atom stereocenters. The Morgan fingerprint density at radius 3 is 2.56 bits per heavy atom. The molecular formula is C12H26N2O3S. The van der Waals surface area contributed by atoms with E-state index in [1.165, 1.54) is 4.31 Å². The van der Waals surface area contributed by atoms with Crippen molar-refractivity contribution in [2.45, 2.75) is 46.3 Å². The molecule has 108 valence electrons. The minimum atomic E-state index is -3.19. The second kappa shape index (κ2) is 5.86. The third kappa shape index (κ3) is 4.84. The molecule has 5 nitrogen and oxygen atoms in total. The monoisotopic (exact) mass is 278 g/mol. The molecule has 0 aromatic rings. The van der Waals surface area contributed by atoms with E-state index in [4.69, 9.17) is 10.5 Å². The summed E-state index contributed by atoms with van der Waals surface area (Å²) in [5.41, 5.74) is 5.80. The molecule has 0 aromatic carbocycles. The summed E-state index contributed by atoms with van der Waals surface area (Å²) in [7, 11) is -3.19.